The highest BCUT2D eigenvalue weighted by atomic mass is 16.3. The molecule has 6 atom stereocenters. The Hall–Kier alpha value is -1.15. The van der Waals surface area contributed by atoms with Gasteiger partial charge in [-0.15, -0.1) is 6.58 Å². The number of fused-ring (bicyclic) bond motifs is 5. The van der Waals surface area contributed by atoms with Crippen LogP contribution < -0.4 is 0 Å². The third-order valence-corrected chi connectivity index (χ3v) is 8.89. The van der Waals surface area contributed by atoms with Gasteiger partial charge < -0.3 is 5.11 Å². The fourth-order valence-corrected chi connectivity index (χ4v) is 7.26. The van der Waals surface area contributed by atoms with Crippen molar-refractivity contribution in [3.8, 4) is 0 Å². The van der Waals surface area contributed by atoms with Crippen molar-refractivity contribution in [1.29, 1.82) is 0 Å². The second kappa shape index (κ2) is 5.42. The summed E-state index contributed by atoms with van der Waals surface area (Å²) in [5.41, 5.74) is 2.11. The first-order valence-electron chi connectivity index (χ1n) is 10.0. The maximum atomic E-state index is 12.0. The minimum atomic E-state index is -0.575. The van der Waals surface area contributed by atoms with E-state index in [0.717, 1.165) is 32.1 Å². The Labute approximate surface area is 152 Å². The molecule has 25 heavy (non-hydrogen) atoms. The molecule has 0 aromatic carbocycles. The van der Waals surface area contributed by atoms with Crippen LogP contribution in [0, 0.1) is 28.6 Å². The van der Waals surface area contributed by atoms with Gasteiger partial charge in [-0.25, -0.2) is 0 Å². The molecular formula is C23H32O2. The molecule has 0 amide bonds. The number of carbonyl (C=O) groups excluding carboxylic acids is 1. The highest BCUT2D eigenvalue weighted by molar-refractivity contribution is 6.02. The lowest BCUT2D eigenvalue weighted by molar-refractivity contribution is -0.121. The number of carbonyl (C=O) groups is 1. The second-order valence-corrected chi connectivity index (χ2v) is 9.54. The van der Waals surface area contributed by atoms with Gasteiger partial charge in [0.1, 0.15) is 0 Å². The molecule has 136 valence electrons. The maximum absolute atomic E-state index is 12.0. The molecule has 0 unspecified atom stereocenters. The van der Waals surface area contributed by atoms with Crippen molar-refractivity contribution in [2.45, 2.75) is 71.3 Å². The van der Waals surface area contributed by atoms with Crippen molar-refractivity contribution in [2.24, 2.45) is 28.6 Å². The monoisotopic (exact) mass is 340 g/mol. The van der Waals surface area contributed by atoms with E-state index in [4.69, 9.17) is 0 Å². The predicted octanol–water partition coefficient (Wildman–Crippen LogP) is 4.99. The van der Waals surface area contributed by atoms with Gasteiger partial charge in [-0.05, 0) is 87.2 Å². The van der Waals surface area contributed by atoms with E-state index in [-0.39, 0.29) is 16.6 Å². The smallest absolute Gasteiger partial charge is 0.178 e. The number of hydrogen-bond acceptors (Lipinski definition) is 2. The zero-order chi connectivity index (χ0) is 18.0. The number of ketones is 1. The van der Waals surface area contributed by atoms with E-state index in [1.54, 1.807) is 0 Å². The van der Waals surface area contributed by atoms with Gasteiger partial charge >= 0.3 is 0 Å². The van der Waals surface area contributed by atoms with Crippen molar-refractivity contribution in [3.05, 3.63) is 36.0 Å². The number of allylic oxidation sites excluding steroid dienone is 4. The van der Waals surface area contributed by atoms with E-state index in [1.165, 1.54) is 17.6 Å². The van der Waals surface area contributed by atoms with Gasteiger partial charge in [0.15, 0.2) is 5.78 Å². The molecule has 0 aromatic heterocycles. The summed E-state index contributed by atoms with van der Waals surface area (Å²) in [6.45, 7) is 10.8. The topological polar surface area (TPSA) is 37.3 Å². The Balaban J connectivity index is 1.71. The summed E-state index contributed by atoms with van der Waals surface area (Å²) in [4.78, 5) is 12.0. The third kappa shape index (κ3) is 2.10. The first-order valence-corrected chi connectivity index (χ1v) is 10.0. The number of rotatable bonds is 2. The molecule has 0 saturated heterocycles. The van der Waals surface area contributed by atoms with Gasteiger partial charge in [-0.2, -0.15) is 0 Å². The van der Waals surface area contributed by atoms with Crippen LogP contribution in [0.25, 0.3) is 0 Å². The van der Waals surface area contributed by atoms with Crippen LogP contribution in [0.3, 0.4) is 0 Å². The van der Waals surface area contributed by atoms with Crippen LogP contribution in [0.4, 0.5) is 0 Å². The second-order valence-electron chi connectivity index (χ2n) is 9.54. The minimum absolute atomic E-state index is 0.0159. The largest absolute Gasteiger partial charge is 0.389 e. The molecule has 0 bridgehead atoms. The zero-order valence-electron chi connectivity index (χ0n) is 16.0. The van der Waals surface area contributed by atoms with Gasteiger partial charge in [0.2, 0.25) is 0 Å². The van der Waals surface area contributed by atoms with Crippen LogP contribution in [0.5, 0.6) is 0 Å². The molecule has 0 aliphatic heterocycles. The van der Waals surface area contributed by atoms with Gasteiger partial charge in [-0.3, -0.25) is 4.79 Å². The van der Waals surface area contributed by atoms with Crippen LogP contribution in [-0.2, 0) is 4.79 Å². The number of aliphatic hydroxyl groups is 1. The van der Waals surface area contributed by atoms with Gasteiger partial charge in [0.25, 0.3) is 0 Å². The molecule has 0 radical (unpaired) electrons. The fourth-order valence-electron chi connectivity index (χ4n) is 7.26. The summed E-state index contributed by atoms with van der Waals surface area (Å²) in [6.07, 6.45) is 12.9. The van der Waals surface area contributed by atoms with Crippen molar-refractivity contribution in [2.75, 3.05) is 0 Å². The average Bonchev–Trinajstić information content (AvgIpc) is 2.81. The van der Waals surface area contributed by atoms with Crippen LogP contribution in [0.2, 0.25) is 0 Å². The average molecular weight is 341 g/mol. The van der Waals surface area contributed by atoms with Crippen LogP contribution in [0.15, 0.2) is 36.0 Å². The van der Waals surface area contributed by atoms with Crippen LogP contribution in [-0.4, -0.2) is 16.5 Å². The van der Waals surface area contributed by atoms with Gasteiger partial charge in [0.05, 0.1) is 5.60 Å². The van der Waals surface area contributed by atoms with Crippen molar-refractivity contribution in [3.63, 3.8) is 0 Å². The van der Waals surface area contributed by atoms with Crippen molar-refractivity contribution < 1.29 is 9.90 Å². The van der Waals surface area contributed by atoms with E-state index < -0.39 is 5.60 Å². The fraction of sp³-hybridized carbons (Fsp3) is 0.696. The Morgan fingerprint density at radius 2 is 1.92 bits per heavy atom. The molecule has 0 heterocycles. The van der Waals surface area contributed by atoms with Crippen molar-refractivity contribution >= 4 is 5.78 Å². The summed E-state index contributed by atoms with van der Waals surface area (Å²) in [6, 6.07) is 0. The van der Waals surface area contributed by atoms with E-state index in [0.29, 0.717) is 24.2 Å². The number of hydrogen-bond donors (Lipinski definition) is 1. The Bertz CT molecular complexity index is 686. The van der Waals surface area contributed by atoms with Gasteiger partial charge in [-0.1, -0.05) is 31.1 Å². The molecule has 0 spiro atoms. The SMILES string of the molecule is C=CC[C@]1(O)CC[C@H]2[C@@H]3CCC4=CC(=O)C=C(C)[C@]4(C)[C@H]3CC[C@@]21C. The minimum Gasteiger partial charge on any atom is -0.389 e. The first kappa shape index (κ1) is 17.3. The summed E-state index contributed by atoms with van der Waals surface area (Å²) in [5, 5.41) is 11.4. The van der Waals surface area contributed by atoms with E-state index in [9.17, 15) is 9.90 Å². The molecular weight excluding hydrogens is 308 g/mol. The molecule has 0 aromatic rings. The van der Waals surface area contributed by atoms with E-state index >= 15 is 0 Å². The Morgan fingerprint density at radius 3 is 2.64 bits per heavy atom. The van der Waals surface area contributed by atoms with Gasteiger partial charge in [0, 0.05) is 5.41 Å². The van der Waals surface area contributed by atoms with Crippen LogP contribution in [0.1, 0.15) is 65.7 Å². The maximum Gasteiger partial charge on any atom is 0.178 e. The summed E-state index contributed by atoms with van der Waals surface area (Å²) < 4.78 is 0. The van der Waals surface area contributed by atoms with Crippen LogP contribution >= 0.6 is 0 Å². The Kier molecular flexibility index (Phi) is 3.75. The van der Waals surface area contributed by atoms with E-state index in [2.05, 4.69) is 27.4 Å². The molecule has 2 nitrogen and oxygen atoms in total. The molecule has 4 aliphatic rings. The summed E-state index contributed by atoms with van der Waals surface area (Å²) in [7, 11) is 0. The predicted molar refractivity (Wildman–Crippen MR) is 101 cm³/mol. The Morgan fingerprint density at radius 1 is 1.20 bits per heavy atom. The molecule has 4 rings (SSSR count). The molecule has 4 aliphatic carbocycles. The molecule has 2 heteroatoms. The molecule has 3 fully saturated rings. The first-order chi connectivity index (χ1) is 11.8. The lowest BCUT2D eigenvalue weighted by atomic mass is 9.46. The summed E-state index contributed by atoms with van der Waals surface area (Å²) in [5.74, 6) is 2.04. The molecule has 3 saturated carbocycles. The zero-order valence-corrected chi connectivity index (χ0v) is 16.0. The lowest BCUT2D eigenvalue weighted by Crippen LogP contribution is -2.54. The quantitative estimate of drug-likeness (QED) is 0.719. The summed E-state index contributed by atoms with van der Waals surface area (Å²) >= 11 is 0. The standard InChI is InChI=1S/C23H32O2/c1-5-10-23(25)12-9-19-18-7-6-16-14-17(24)13-15(2)22(16,4)20(18)8-11-21(19,23)3/h5,13-14,18-20,25H,1,6-12H2,2-4H3/t18-,19-,20-,21-,22-,23-/m0/s1. The lowest BCUT2D eigenvalue weighted by Gasteiger charge is -2.59. The molecule has 1 N–H and O–H groups in total. The van der Waals surface area contributed by atoms with E-state index in [1.807, 2.05) is 18.2 Å². The highest BCUT2D eigenvalue weighted by Gasteiger charge is 2.63. The normalized spacial score (nSPS) is 48.8. The third-order valence-electron chi connectivity index (χ3n) is 8.89. The highest BCUT2D eigenvalue weighted by Crippen LogP contribution is 2.68. The van der Waals surface area contributed by atoms with Crippen molar-refractivity contribution in [1.82, 2.24) is 0 Å².